The van der Waals surface area contributed by atoms with Crippen LogP contribution in [0.4, 0.5) is 0 Å². The third-order valence-electron chi connectivity index (χ3n) is 4.95. The Balaban J connectivity index is 0.00000280. The van der Waals surface area contributed by atoms with Gasteiger partial charge in [0.1, 0.15) is 0 Å². The number of hydrogen-bond acceptors (Lipinski definition) is 3. The molecule has 1 aliphatic rings. The number of benzene rings is 2. The minimum absolute atomic E-state index is 0. The van der Waals surface area contributed by atoms with E-state index in [1.807, 2.05) is 19.1 Å². The third-order valence-corrected chi connectivity index (χ3v) is 6.20. The molecule has 1 aliphatic carbocycles. The van der Waals surface area contributed by atoms with Crippen molar-refractivity contribution in [1.82, 2.24) is 10.6 Å². The first-order chi connectivity index (χ1) is 12.9. The normalized spacial score (nSPS) is 13.6. The van der Waals surface area contributed by atoms with Crippen molar-refractivity contribution >= 4 is 39.8 Å². The van der Waals surface area contributed by atoms with Crippen LogP contribution in [0.25, 0.3) is 0 Å². The van der Waals surface area contributed by atoms with E-state index in [0.717, 1.165) is 23.6 Å². The zero-order valence-electron chi connectivity index (χ0n) is 16.6. The van der Waals surface area contributed by atoms with Crippen LogP contribution in [0.1, 0.15) is 34.2 Å². The van der Waals surface area contributed by atoms with E-state index in [9.17, 15) is 8.42 Å². The van der Waals surface area contributed by atoms with Gasteiger partial charge in [-0.3, -0.25) is 4.99 Å². The summed E-state index contributed by atoms with van der Waals surface area (Å²) in [6, 6.07) is 12.1. The van der Waals surface area contributed by atoms with E-state index < -0.39 is 9.84 Å². The first kappa shape index (κ1) is 22.7. The van der Waals surface area contributed by atoms with Gasteiger partial charge < -0.3 is 10.6 Å². The molecule has 0 unspecified atom stereocenters. The van der Waals surface area contributed by atoms with E-state index in [2.05, 4.69) is 33.8 Å². The summed E-state index contributed by atoms with van der Waals surface area (Å²) >= 11 is 0. The standard InChI is InChI=1S/C21H27N3O2S.HI/c1-15-11-16(8-10-20(15)27(3,25)26)13-23-21(22-2)24-14-17-7-9-18-5-4-6-19(18)12-17;/h7-12H,4-6,13-14H2,1-3H3,(H2,22,23,24);1H. The monoisotopic (exact) mass is 513 g/mol. The predicted octanol–water partition coefficient (Wildman–Crippen LogP) is 3.37. The Morgan fingerprint density at radius 1 is 1.00 bits per heavy atom. The van der Waals surface area contributed by atoms with Gasteiger partial charge in [-0.1, -0.05) is 30.3 Å². The Labute approximate surface area is 185 Å². The Morgan fingerprint density at radius 2 is 1.61 bits per heavy atom. The number of rotatable bonds is 5. The van der Waals surface area contributed by atoms with E-state index in [-0.39, 0.29) is 24.0 Å². The average molecular weight is 513 g/mol. The molecule has 0 fully saturated rings. The topological polar surface area (TPSA) is 70.6 Å². The van der Waals surface area contributed by atoms with Gasteiger partial charge in [0.2, 0.25) is 0 Å². The van der Waals surface area contributed by atoms with Gasteiger partial charge in [-0.25, -0.2) is 8.42 Å². The number of aliphatic imine (C=N–C) groups is 1. The molecule has 7 heteroatoms. The minimum Gasteiger partial charge on any atom is -0.352 e. The SMILES string of the molecule is CN=C(NCc1ccc(S(C)(=O)=O)c(C)c1)NCc1ccc2c(c1)CCC2.I. The molecule has 0 amide bonds. The van der Waals surface area contributed by atoms with Crippen LogP contribution in [0, 0.1) is 6.92 Å². The second-order valence-corrected chi connectivity index (χ2v) is 9.09. The smallest absolute Gasteiger partial charge is 0.191 e. The first-order valence-corrected chi connectivity index (χ1v) is 11.1. The number of fused-ring (bicyclic) bond motifs is 1. The van der Waals surface area contributed by atoms with Crippen LogP contribution in [-0.4, -0.2) is 27.7 Å². The Bertz CT molecular complexity index is 972. The van der Waals surface area contributed by atoms with Gasteiger partial charge in [0.15, 0.2) is 15.8 Å². The van der Waals surface area contributed by atoms with Gasteiger partial charge >= 0.3 is 0 Å². The summed E-state index contributed by atoms with van der Waals surface area (Å²) in [6.45, 7) is 3.12. The second kappa shape index (κ2) is 9.73. The van der Waals surface area contributed by atoms with Crippen LogP contribution < -0.4 is 10.6 Å². The first-order valence-electron chi connectivity index (χ1n) is 9.21. The van der Waals surface area contributed by atoms with Crippen molar-refractivity contribution in [2.45, 2.75) is 44.2 Å². The lowest BCUT2D eigenvalue weighted by atomic mass is 10.1. The Morgan fingerprint density at radius 3 is 2.21 bits per heavy atom. The Hall–Kier alpha value is -1.61. The summed E-state index contributed by atoms with van der Waals surface area (Å²) in [4.78, 5) is 4.65. The third kappa shape index (κ3) is 5.70. The summed E-state index contributed by atoms with van der Waals surface area (Å²) in [5, 5.41) is 6.62. The number of aryl methyl sites for hydroxylation is 3. The maximum atomic E-state index is 11.7. The lowest BCUT2D eigenvalue weighted by Crippen LogP contribution is -2.36. The number of halogens is 1. The highest BCUT2D eigenvalue weighted by Crippen LogP contribution is 2.22. The highest BCUT2D eigenvalue weighted by Gasteiger charge is 2.12. The molecule has 0 atom stereocenters. The molecule has 2 aromatic carbocycles. The zero-order chi connectivity index (χ0) is 19.4. The van der Waals surface area contributed by atoms with Crippen molar-refractivity contribution in [3.05, 3.63) is 64.2 Å². The van der Waals surface area contributed by atoms with Crippen molar-refractivity contribution < 1.29 is 8.42 Å². The van der Waals surface area contributed by atoms with Gasteiger partial charge in [-0.15, -0.1) is 24.0 Å². The van der Waals surface area contributed by atoms with Crippen LogP contribution in [0.15, 0.2) is 46.3 Å². The van der Waals surface area contributed by atoms with Crippen molar-refractivity contribution in [2.24, 2.45) is 4.99 Å². The molecule has 0 radical (unpaired) electrons. The molecule has 0 heterocycles. The molecule has 0 bridgehead atoms. The zero-order valence-corrected chi connectivity index (χ0v) is 19.7. The maximum Gasteiger partial charge on any atom is 0.191 e. The van der Waals surface area contributed by atoms with Crippen LogP contribution >= 0.6 is 24.0 Å². The number of guanidine groups is 1. The van der Waals surface area contributed by atoms with Gasteiger partial charge in [0.25, 0.3) is 0 Å². The quantitative estimate of drug-likeness (QED) is 0.366. The largest absolute Gasteiger partial charge is 0.352 e. The molecule has 152 valence electrons. The molecule has 2 aromatic rings. The van der Waals surface area contributed by atoms with E-state index in [1.165, 1.54) is 42.2 Å². The molecule has 28 heavy (non-hydrogen) atoms. The number of sulfone groups is 1. The number of hydrogen-bond donors (Lipinski definition) is 2. The molecule has 3 rings (SSSR count). The molecular formula is C21H28IN3O2S. The van der Waals surface area contributed by atoms with E-state index >= 15 is 0 Å². The van der Waals surface area contributed by atoms with E-state index in [1.54, 1.807) is 13.1 Å². The molecule has 0 aliphatic heterocycles. The van der Waals surface area contributed by atoms with Crippen molar-refractivity contribution in [3.8, 4) is 0 Å². The van der Waals surface area contributed by atoms with E-state index in [0.29, 0.717) is 11.4 Å². The molecule has 0 aromatic heterocycles. The van der Waals surface area contributed by atoms with Crippen LogP contribution in [0.3, 0.4) is 0 Å². The van der Waals surface area contributed by atoms with Crippen LogP contribution in [0.5, 0.6) is 0 Å². The van der Waals surface area contributed by atoms with E-state index in [4.69, 9.17) is 0 Å². The van der Waals surface area contributed by atoms with Crippen LogP contribution in [0.2, 0.25) is 0 Å². The maximum absolute atomic E-state index is 11.7. The molecule has 0 saturated carbocycles. The summed E-state index contributed by atoms with van der Waals surface area (Å²) in [5.74, 6) is 0.723. The summed E-state index contributed by atoms with van der Waals surface area (Å²) in [5.41, 5.74) is 5.98. The number of nitrogens with zero attached hydrogens (tertiary/aromatic N) is 1. The molecule has 0 saturated heterocycles. The second-order valence-electron chi connectivity index (χ2n) is 7.11. The highest BCUT2D eigenvalue weighted by molar-refractivity contribution is 14.0. The molecule has 2 N–H and O–H groups in total. The lowest BCUT2D eigenvalue weighted by molar-refractivity contribution is 0.601. The fraction of sp³-hybridized carbons (Fsp3) is 0.381. The average Bonchev–Trinajstić information content (AvgIpc) is 3.08. The lowest BCUT2D eigenvalue weighted by Gasteiger charge is -2.13. The summed E-state index contributed by atoms with van der Waals surface area (Å²) < 4.78 is 23.4. The molecule has 5 nitrogen and oxygen atoms in total. The van der Waals surface area contributed by atoms with Gasteiger partial charge in [-0.05, 0) is 60.1 Å². The minimum atomic E-state index is -3.19. The Kier molecular flexibility index (Phi) is 7.88. The van der Waals surface area contributed by atoms with Gasteiger partial charge in [0, 0.05) is 26.4 Å². The van der Waals surface area contributed by atoms with Gasteiger partial charge in [-0.2, -0.15) is 0 Å². The highest BCUT2D eigenvalue weighted by atomic mass is 127. The number of nitrogens with one attached hydrogen (secondary N) is 2. The fourth-order valence-corrected chi connectivity index (χ4v) is 4.52. The fourth-order valence-electron chi connectivity index (χ4n) is 3.56. The predicted molar refractivity (Wildman–Crippen MR) is 125 cm³/mol. The van der Waals surface area contributed by atoms with Gasteiger partial charge in [0.05, 0.1) is 4.90 Å². The van der Waals surface area contributed by atoms with Crippen molar-refractivity contribution in [3.63, 3.8) is 0 Å². The summed E-state index contributed by atoms with van der Waals surface area (Å²) in [7, 11) is -1.44. The van der Waals surface area contributed by atoms with Crippen molar-refractivity contribution in [1.29, 1.82) is 0 Å². The molecule has 0 spiro atoms. The van der Waals surface area contributed by atoms with Crippen molar-refractivity contribution in [2.75, 3.05) is 13.3 Å². The van der Waals surface area contributed by atoms with Crippen LogP contribution in [-0.2, 0) is 35.8 Å². The molecular weight excluding hydrogens is 485 g/mol. The summed E-state index contributed by atoms with van der Waals surface area (Å²) in [6.07, 6.45) is 4.87.